The van der Waals surface area contributed by atoms with Gasteiger partial charge in [-0.2, -0.15) is 13.9 Å². The maximum Gasteiger partial charge on any atom is 0.387 e. The molecule has 0 saturated heterocycles. The van der Waals surface area contributed by atoms with Crippen LogP contribution in [0.5, 0.6) is 11.5 Å². The first-order chi connectivity index (χ1) is 16.4. The van der Waals surface area contributed by atoms with Gasteiger partial charge in [0.2, 0.25) is 0 Å². The second-order valence-electron chi connectivity index (χ2n) is 7.69. The zero-order valence-corrected chi connectivity index (χ0v) is 18.5. The normalized spacial score (nSPS) is 13.5. The van der Waals surface area contributed by atoms with Gasteiger partial charge in [-0.15, -0.1) is 0 Å². The van der Waals surface area contributed by atoms with Gasteiger partial charge in [0.15, 0.2) is 0 Å². The molecule has 2 aromatic heterocycles. The summed E-state index contributed by atoms with van der Waals surface area (Å²) in [6, 6.07) is 13.0. The number of hydrogen-bond acceptors (Lipinski definition) is 5. The molecule has 10 heteroatoms. The van der Waals surface area contributed by atoms with E-state index >= 15 is 0 Å². The Balaban J connectivity index is 1.58. The fraction of sp³-hybridized carbons (Fsp3) is 0.208. The zero-order chi connectivity index (χ0) is 23.8. The van der Waals surface area contributed by atoms with Crippen LogP contribution >= 0.6 is 0 Å². The maximum atomic E-state index is 13.8. The third-order valence-electron chi connectivity index (χ3n) is 5.44. The molecule has 0 atom stereocenters. The van der Waals surface area contributed by atoms with E-state index in [0.29, 0.717) is 35.1 Å². The van der Waals surface area contributed by atoms with E-state index in [0.717, 1.165) is 10.9 Å². The van der Waals surface area contributed by atoms with Gasteiger partial charge in [0.05, 0.1) is 41.9 Å². The van der Waals surface area contributed by atoms with Crippen LogP contribution in [-0.4, -0.2) is 34.0 Å². The van der Waals surface area contributed by atoms with Crippen LogP contribution in [0.1, 0.15) is 12.6 Å². The highest BCUT2D eigenvalue weighted by Gasteiger charge is 2.34. The molecule has 0 aliphatic carbocycles. The van der Waals surface area contributed by atoms with Crippen molar-refractivity contribution < 1.29 is 23.0 Å². The van der Waals surface area contributed by atoms with Crippen LogP contribution in [0.15, 0.2) is 60.9 Å². The van der Waals surface area contributed by atoms with Crippen LogP contribution in [0.4, 0.5) is 30.6 Å². The lowest BCUT2D eigenvalue weighted by Gasteiger charge is -2.36. The Bertz CT molecular complexity index is 1360. The largest absolute Gasteiger partial charge is 0.492 e. The fourth-order valence-corrected chi connectivity index (χ4v) is 4.00. The van der Waals surface area contributed by atoms with Gasteiger partial charge in [-0.25, -0.2) is 4.79 Å². The van der Waals surface area contributed by atoms with Gasteiger partial charge < -0.3 is 9.47 Å². The summed E-state index contributed by atoms with van der Waals surface area (Å²) in [6.45, 7) is -0.361. The fourth-order valence-electron chi connectivity index (χ4n) is 4.00. The van der Waals surface area contributed by atoms with Gasteiger partial charge in [-0.05, 0) is 49.4 Å². The van der Waals surface area contributed by atoms with Gasteiger partial charge in [-0.1, -0.05) is 0 Å². The van der Waals surface area contributed by atoms with Crippen molar-refractivity contribution in [1.29, 1.82) is 0 Å². The Labute approximate surface area is 193 Å². The average Bonchev–Trinajstić information content (AvgIpc) is 3.18. The summed E-state index contributed by atoms with van der Waals surface area (Å²) in [5.41, 5.74) is 3.23. The minimum absolute atomic E-state index is 0.00325. The molecule has 3 heterocycles. The zero-order valence-electron chi connectivity index (χ0n) is 18.5. The molecule has 0 fully saturated rings. The smallest absolute Gasteiger partial charge is 0.387 e. The number of fused-ring (bicyclic) bond motifs is 2. The molecular weight excluding hydrogens is 444 g/mol. The van der Waals surface area contributed by atoms with Crippen LogP contribution < -0.4 is 19.3 Å². The van der Waals surface area contributed by atoms with Crippen molar-refractivity contribution in [3.63, 3.8) is 0 Å². The summed E-state index contributed by atoms with van der Waals surface area (Å²) >= 11 is 0. The number of aromatic nitrogens is 3. The van der Waals surface area contributed by atoms with Gasteiger partial charge in [0.25, 0.3) is 0 Å². The van der Waals surface area contributed by atoms with Crippen LogP contribution in [0.2, 0.25) is 0 Å². The SMILES string of the molecule is CCOc1cnc2c(c1)N(c1ccc(OC(F)F)cc1)C(=O)N(c1ccc3nn(C)cc3c1)C2. The van der Waals surface area contributed by atoms with Crippen molar-refractivity contribution >= 4 is 34.0 Å². The number of urea groups is 1. The van der Waals surface area contributed by atoms with Crippen LogP contribution in [0.3, 0.4) is 0 Å². The minimum Gasteiger partial charge on any atom is -0.492 e. The first-order valence-electron chi connectivity index (χ1n) is 10.6. The molecule has 34 heavy (non-hydrogen) atoms. The summed E-state index contributed by atoms with van der Waals surface area (Å²) in [7, 11) is 1.84. The van der Waals surface area contributed by atoms with Crippen LogP contribution in [-0.2, 0) is 13.6 Å². The van der Waals surface area contributed by atoms with Gasteiger partial charge >= 0.3 is 12.6 Å². The molecule has 0 saturated carbocycles. The number of ether oxygens (including phenoxy) is 2. The highest BCUT2D eigenvalue weighted by Crippen LogP contribution is 2.38. The van der Waals surface area contributed by atoms with E-state index in [-0.39, 0.29) is 18.3 Å². The lowest BCUT2D eigenvalue weighted by molar-refractivity contribution is -0.0498. The number of benzene rings is 2. The Morgan fingerprint density at radius 2 is 1.82 bits per heavy atom. The molecule has 0 unspecified atom stereocenters. The standard InChI is InChI=1S/C24H21F2N5O3/c1-3-33-19-11-22-21(27-12-19)14-30(17-6-9-20-15(10-17)13-29(2)28-20)24(32)31(22)16-4-7-18(8-5-16)34-23(25)26/h4-13,23H,3,14H2,1-2H3. The molecule has 0 spiro atoms. The Hall–Kier alpha value is -4.21. The van der Waals surface area contributed by atoms with E-state index in [4.69, 9.17) is 4.74 Å². The molecule has 0 radical (unpaired) electrons. The van der Waals surface area contributed by atoms with Crippen molar-refractivity contribution in [1.82, 2.24) is 14.8 Å². The summed E-state index contributed by atoms with van der Waals surface area (Å²) in [4.78, 5) is 21.4. The van der Waals surface area contributed by atoms with Gasteiger partial charge in [0, 0.05) is 30.4 Å². The number of carbonyl (C=O) groups is 1. The lowest BCUT2D eigenvalue weighted by atomic mass is 10.1. The molecule has 0 bridgehead atoms. The monoisotopic (exact) mass is 465 g/mol. The van der Waals surface area contributed by atoms with Crippen molar-refractivity contribution in [3.8, 4) is 11.5 Å². The number of hydrogen-bond donors (Lipinski definition) is 0. The molecule has 2 aromatic carbocycles. The van der Waals surface area contributed by atoms with E-state index in [9.17, 15) is 13.6 Å². The summed E-state index contributed by atoms with van der Waals surface area (Å²) in [6.07, 6.45) is 3.51. The number of amides is 2. The number of nitrogens with zero attached hydrogens (tertiary/aromatic N) is 5. The molecule has 4 aromatic rings. The second kappa shape index (κ2) is 8.62. The topological polar surface area (TPSA) is 72.7 Å². The third-order valence-corrected chi connectivity index (χ3v) is 5.44. The molecule has 1 aliphatic heterocycles. The number of pyridine rings is 1. The van der Waals surface area contributed by atoms with Crippen LogP contribution in [0.25, 0.3) is 10.9 Å². The molecule has 0 N–H and O–H groups in total. The van der Waals surface area contributed by atoms with Gasteiger partial charge in [-0.3, -0.25) is 19.5 Å². The average molecular weight is 465 g/mol. The number of rotatable bonds is 6. The van der Waals surface area contributed by atoms with E-state index in [1.165, 1.54) is 17.0 Å². The number of halogens is 2. The van der Waals surface area contributed by atoms with Crippen molar-refractivity contribution in [3.05, 3.63) is 66.6 Å². The van der Waals surface area contributed by atoms with Crippen molar-refractivity contribution in [2.75, 3.05) is 16.4 Å². The predicted octanol–water partition coefficient (Wildman–Crippen LogP) is 5.25. The van der Waals surface area contributed by atoms with Crippen molar-refractivity contribution in [2.45, 2.75) is 20.1 Å². The molecule has 2 amide bonds. The van der Waals surface area contributed by atoms with E-state index in [1.807, 2.05) is 38.4 Å². The Morgan fingerprint density at radius 3 is 2.56 bits per heavy atom. The number of alkyl halides is 2. The van der Waals surface area contributed by atoms with E-state index in [2.05, 4.69) is 14.8 Å². The van der Waals surface area contributed by atoms with E-state index < -0.39 is 6.61 Å². The maximum absolute atomic E-state index is 13.8. The molecular formula is C24H21F2N5O3. The van der Waals surface area contributed by atoms with Crippen molar-refractivity contribution in [2.24, 2.45) is 7.05 Å². The second-order valence-corrected chi connectivity index (χ2v) is 7.69. The number of carbonyl (C=O) groups excluding carboxylic acids is 1. The Morgan fingerprint density at radius 1 is 1.06 bits per heavy atom. The first kappa shape index (κ1) is 21.6. The first-order valence-corrected chi connectivity index (χ1v) is 10.6. The third kappa shape index (κ3) is 3.98. The minimum atomic E-state index is -2.93. The predicted molar refractivity (Wildman–Crippen MR) is 123 cm³/mol. The lowest BCUT2D eigenvalue weighted by Crippen LogP contribution is -2.45. The highest BCUT2D eigenvalue weighted by atomic mass is 19.3. The molecule has 8 nitrogen and oxygen atoms in total. The van der Waals surface area contributed by atoms with E-state index in [1.54, 1.807) is 34.0 Å². The highest BCUT2D eigenvalue weighted by molar-refractivity contribution is 6.11. The number of aryl methyl sites for hydroxylation is 1. The molecule has 174 valence electrons. The van der Waals surface area contributed by atoms with Gasteiger partial charge in [0.1, 0.15) is 11.5 Å². The molecule has 5 rings (SSSR count). The quantitative estimate of drug-likeness (QED) is 0.389. The molecule has 1 aliphatic rings. The summed E-state index contributed by atoms with van der Waals surface area (Å²) < 4.78 is 36.9. The Kier molecular flexibility index (Phi) is 5.48. The summed E-state index contributed by atoms with van der Waals surface area (Å²) in [5.74, 6) is 0.533. The number of anilines is 3. The summed E-state index contributed by atoms with van der Waals surface area (Å²) in [5, 5.41) is 5.29. The van der Waals surface area contributed by atoms with Crippen LogP contribution in [0, 0.1) is 0 Å².